The fourth-order valence-corrected chi connectivity index (χ4v) is 1.84. The molecule has 14 heavy (non-hydrogen) atoms. The molecule has 0 unspecified atom stereocenters. The van der Waals surface area contributed by atoms with Crippen molar-refractivity contribution < 1.29 is 13.2 Å². The van der Waals surface area contributed by atoms with Crippen LogP contribution in [0.25, 0.3) is 0 Å². The van der Waals surface area contributed by atoms with Crippen LogP contribution in [0.3, 0.4) is 0 Å². The molecule has 0 aliphatic rings. The standard InChI is InChI=1S/C7H7ClO3S.C2H6/c1-11-6-4-2-3-5-7(6)12(8,9)10;1-2/h2-5H,1H3;1-2H3. The summed E-state index contributed by atoms with van der Waals surface area (Å²) >= 11 is 0. The molecule has 0 aliphatic heterocycles. The number of methoxy groups -OCH3 is 1. The number of para-hydroxylation sites is 1. The van der Waals surface area contributed by atoms with Gasteiger partial charge in [0.25, 0.3) is 9.05 Å². The van der Waals surface area contributed by atoms with Gasteiger partial charge in [0.05, 0.1) is 7.11 Å². The quantitative estimate of drug-likeness (QED) is 0.742. The van der Waals surface area contributed by atoms with Gasteiger partial charge in [0, 0.05) is 10.7 Å². The van der Waals surface area contributed by atoms with Crippen LogP contribution in [0.5, 0.6) is 5.75 Å². The second-order valence-electron chi connectivity index (χ2n) is 2.09. The number of halogens is 1. The molecule has 0 amide bonds. The van der Waals surface area contributed by atoms with Gasteiger partial charge in [0.15, 0.2) is 0 Å². The van der Waals surface area contributed by atoms with Gasteiger partial charge < -0.3 is 4.74 Å². The predicted molar refractivity (Wildman–Crippen MR) is 57.4 cm³/mol. The van der Waals surface area contributed by atoms with Crippen LogP contribution in [-0.4, -0.2) is 15.5 Å². The summed E-state index contributed by atoms with van der Waals surface area (Å²) in [6, 6.07) is 6.18. The monoisotopic (exact) mass is 236 g/mol. The Bertz CT molecular complexity index is 373. The van der Waals surface area contributed by atoms with Gasteiger partial charge in [-0.1, -0.05) is 26.0 Å². The van der Waals surface area contributed by atoms with Crippen molar-refractivity contribution in [1.82, 2.24) is 0 Å². The van der Waals surface area contributed by atoms with Gasteiger partial charge in [-0.25, -0.2) is 8.42 Å². The highest BCUT2D eigenvalue weighted by Gasteiger charge is 2.14. The summed E-state index contributed by atoms with van der Waals surface area (Å²) in [5.74, 6) is 0.257. The molecule has 0 heterocycles. The SMILES string of the molecule is CC.COc1ccccc1S(=O)(=O)Cl. The predicted octanol–water partition coefficient (Wildman–Crippen LogP) is 2.65. The van der Waals surface area contributed by atoms with Crippen molar-refractivity contribution in [2.24, 2.45) is 0 Å². The van der Waals surface area contributed by atoms with Gasteiger partial charge in [-0.05, 0) is 12.1 Å². The lowest BCUT2D eigenvalue weighted by molar-refractivity contribution is 0.403. The molecule has 0 saturated carbocycles. The minimum atomic E-state index is -3.70. The van der Waals surface area contributed by atoms with Crippen molar-refractivity contribution in [2.75, 3.05) is 7.11 Å². The second-order valence-corrected chi connectivity index (χ2v) is 4.62. The van der Waals surface area contributed by atoms with Crippen molar-refractivity contribution in [3.63, 3.8) is 0 Å². The minimum absolute atomic E-state index is 0.00540. The molecule has 0 fully saturated rings. The maximum atomic E-state index is 10.9. The Labute approximate surface area is 89.1 Å². The van der Waals surface area contributed by atoms with E-state index in [1.54, 1.807) is 12.1 Å². The molecule has 0 aliphatic carbocycles. The first-order valence-electron chi connectivity index (χ1n) is 4.13. The fourth-order valence-electron chi connectivity index (χ4n) is 0.820. The topological polar surface area (TPSA) is 43.4 Å². The van der Waals surface area contributed by atoms with Gasteiger partial charge >= 0.3 is 0 Å². The summed E-state index contributed by atoms with van der Waals surface area (Å²) in [6.07, 6.45) is 0. The van der Waals surface area contributed by atoms with Crippen molar-refractivity contribution in [3.05, 3.63) is 24.3 Å². The van der Waals surface area contributed by atoms with E-state index in [9.17, 15) is 8.42 Å². The smallest absolute Gasteiger partial charge is 0.264 e. The summed E-state index contributed by atoms with van der Waals surface area (Å²) in [4.78, 5) is -0.00540. The Morgan fingerprint density at radius 1 is 1.21 bits per heavy atom. The molecule has 0 saturated heterocycles. The maximum absolute atomic E-state index is 10.9. The molecule has 5 heteroatoms. The van der Waals surface area contributed by atoms with Crippen LogP contribution in [0.2, 0.25) is 0 Å². The Hall–Kier alpha value is -0.740. The van der Waals surface area contributed by atoms with Crippen LogP contribution in [0.1, 0.15) is 13.8 Å². The Kier molecular flexibility index (Phi) is 5.57. The van der Waals surface area contributed by atoms with Crippen LogP contribution in [0.15, 0.2) is 29.2 Å². The third-order valence-corrected chi connectivity index (χ3v) is 2.69. The zero-order valence-corrected chi connectivity index (χ0v) is 9.89. The van der Waals surface area contributed by atoms with Gasteiger partial charge in [-0.2, -0.15) is 0 Å². The van der Waals surface area contributed by atoms with E-state index in [0.29, 0.717) is 0 Å². The third-order valence-electron chi connectivity index (χ3n) is 1.33. The van der Waals surface area contributed by atoms with Gasteiger partial charge in [-0.3, -0.25) is 0 Å². The second kappa shape index (κ2) is 5.88. The number of benzene rings is 1. The highest BCUT2D eigenvalue weighted by Crippen LogP contribution is 2.25. The average molecular weight is 237 g/mol. The first-order valence-corrected chi connectivity index (χ1v) is 6.44. The summed E-state index contributed by atoms with van der Waals surface area (Å²) in [6.45, 7) is 4.00. The Balaban J connectivity index is 0.000000791. The van der Waals surface area contributed by atoms with Crippen molar-refractivity contribution >= 4 is 19.7 Å². The third kappa shape index (κ3) is 3.55. The summed E-state index contributed by atoms with van der Waals surface area (Å²) in [5.41, 5.74) is 0. The number of hydrogen-bond donors (Lipinski definition) is 0. The molecule has 0 atom stereocenters. The largest absolute Gasteiger partial charge is 0.495 e. The van der Waals surface area contributed by atoms with E-state index in [0.717, 1.165) is 0 Å². The number of rotatable bonds is 2. The molecule has 0 aromatic heterocycles. The van der Waals surface area contributed by atoms with Crippen molar-refractivity contribution in [1.29, 1.82) is 0 Å². The highest BCUT2D eigenvalue weighted by molar-refractivity contribution is 8.13. The van der Waals surface area contributed by atoms with Crippen molar-refractivity contribution in [2.45, 2.75) is 18.7 Å². The van der Waals surface area contributed by atoms with E-state index < -0.39 is 9.05 Å². The van der Waals surface area contributed by atoms with E-state index in [4.69, 9.17) is 15.4 Å². The molecule has 0 spiro atoms. The molecular weight excluding hydrogens is 224 g/mol. The molecule has 0 N–H and O–H groups in total. The lowest BCUT2D eigenvalue weighted by Crippen LogP contribution is -1.94. The van der Waals surface area contributed by atoms with E-state index in [1.165, 1.54) is 19.2 Å². The normalized spacial score (nSPS) is 10.0. The molecule has 1 aromatic rings. The number of hydrogen-bond acceptors (Lipinski definition) is 3. The first kappa shape index (κ1) is 13.3. The summed E-state index contributed by atoms with van der Waals surface area (Å²) < 4.78 is 26.6. The Morgan fingerprint density at radius 3 is 2.07 bits per heavy atom. The molecule has 0 bridgehead atoms. The zero-order chi connectivity index (χ0) is 11.2. The first-order chi connectivity index (χ1) is 6.55. The van der Waals surface area contributed by atoms with Crippen LogP contribution in [0.4, 0.5) is 0 Å². The average Bonchev–Trinajstić information content (AvgIpc) is 2.19. The van der Waals surface area contributed by atoms with Gasteiger partial charge in [0.1, 0.15) is 10.6 Å². The highest BCUT2D eigenvalue weighted by atomic mass is 35.7. The van der Waals surface area contributed by atoms with E-state index in [2.05, 4.69) is 0 Å². The molecule has 1 rings (SSSR count). The molecule has 0 radical (unpaired) electrons. The van der Waals surface area contributed by atoms with Crippen LogP contribution in [0, 0.1) is 0 Å². The molecule has 3 nitrogen and oxygen atoms in total. The van der Waals surface area contributed by atoms with E-state index in [-0.39, 0.29) is 10.6 Å². The van der Waals surface area contributed by atoms with Gasteiger partial charge in [0.2, 0.25) is 0 Å². The lowest BCUT2D eigenvalue weighted by atomic mass is 10.3. The maximum Gasteiger partial charge on any atom is 0.264 e. The Morgan fingerprint density at radius 2 is 1.71 bits per heavy atom. The van der Waals surface area contributed by atoms with Crippen LogP contribution >= 0.6 is 10.7 Å². The molecule has 1 aromatic carbocycles. The lowest BCUT2D eigenvalue weighted by Gasteiger charge is -2.03. The van der Waals surface area contributed by atoms with E-state index in [1.807, 2.05) is 13.8 Å². The van der Waals surface area contributed by atoms with E-state index >= 15 is 0 Å². The fraction of sp³-hybridized carbons (Fsp3) is 0.333. The summed E-state index contributed by atoms with van der Waals surface area (Å²) in [5, 5.41) is 0. The van der Waals surface area contributed by atoms with Gasteiger partial charge in [-0.15, -0.1) is 0 Å². The molecular formula is C9H13ClO3S. The van der Waals surface area contributed by atoms with Crippen LogP contribution in [-0.2, 0) is 9.05 Å². The van der Waals surface area contributed by atoms with Crippen molar-refractivity contribution in [3.8, 4) is 5.75 Å². The number of ether oxygens (including phenoxy) is 1. The summed E-state index contributed by atoms with van der Waals surface area (Å²) in [7, 11) is 2.83. The zero-order valence-electron chi connectivity index (χ0n) is 8.32. The molecule has 80 valence electrons. The minimum Gasteiger partial charge on any atom is -0.495 e. The van der Waals surface area contributed by atoms with Crippen LogP contribution < -0.4 is 4.74 Å².